The van der Waals surface area contributed by atoms with Gasteiger partial charge in [-0.1, -0.05) is 37.6 Å². The Morgan fingerprint density at radius 1 is 1.08 bits per heavy atom. The van der Waals surface area contributed by atoms with E-state index < -0.39 is 0 Å². The van der Waals surface area contributed by atoms with Crippen LogP contribution in [0, 0.1) is 0 Å². The van der Waals surface area contributed by atoms with Crippen LogP contribution in [0.25, 0.3) is 6.08 Å². The number of aldehydes is 1. The molecule has 3 nitrogen and oxygen atoms in total. The molecule has 0 atom stereocenters. The summed E-state index contributed by atoms with van der Waals surface area (Å²) in [5.74, 6) is 1.83. The molecule has 0 saturated heterocycles. The minimum Gasteiger partial charge on any atom is -0.496 e. The molecule has 2 aromatic carbocycles. The normalized spacial score (nSPS) is 12.8. The van der Waals surface area contributed by atoms with Gasteiger partial charge in [-0.25, -0.2) is 0 Å². The molecular formula is C22H24O3. The highest BCUT2D eigenvalue weighted by Gasteiger charge is 2.12. The maximum atomic E-state index is 10.9. The van der Waals surface area contributed by atoms with Gasteiger partial charge in [-0.3, -0.25) is 4.79 Å². The first-order valence-corrected chi connectivity index (χ1v) is 8.80. The molecule has 130 valence electrons. The first-order valence-electron chi connectivity index (χ1n) is 8.80. The molecule has 0 aromatic heterocycles. The van der Waals surface area contributed by atoms with Crippen LogP contribution in [0.15, 0.2) is 42.0 Å². The van der Waals surface area contributed by atoms with E-state index in [1.807, 2.05) is 12.1 Å². The van der Waals surface area contributed by atoms with Gasteiger partial charge >= 0.3 is 0 Å². The zero-order chi connectivity index (χ0) is 17.6. The molecule has 0 fully saturated rings. The number of fused-ring (bicyclic) bond motifs is 1. The van der Waals surface area contributed by atoms with Gasteiger partial charge in [0.1, 0.15) is 24.4 Å². The first-order chi connectivity index (χ1) is 12.2. The Hall–Kier alpha value is -2.55. The van der Waals surface area contributed by atoms with Gasteiger partial charge in [0.25, 0.3) is 0 Å². The third kappa shape index (κ3) is 4.11. The second kappa shape index (κ2) is 8.02. The lowest BCUT2D eigenvalue weighted by molar-refractivity contribution is -0.105. The first kappa shape index (κ1) is 17.3. The highest BCUT2D eigenvalue weighted by atomic mass is 16.5. The maximum absolute atomic E-state index is 10.9. The fourth-order valence-corrected chi connectivity index (χ4v) is 3.17. The second-order valence-electron chi connectivity index (χ2n) is 6.39. The van der Waals surface area contributed by atoms with Crippen molar-refractivity contribution in [3.63, 3.8) is 0 Å². The van der Waals surface area contributed by atoms with Gasteiger partial charge in [-0.2, -0.15) is 0 Å². The molecule has 0 saturated carbocycles. The van der Waals surface area contributed by atoms with Crippen LogP contribution in [-0.2, 0) is 24.1 Å². The summed E-state index contributed by atoms with van der Waals surface area (Å²) in [7, 11) is 1.73. The SMILES string of the molecule is CCCc1ccc(CCc2ccc3c(c2)OCC(C=O)=C3)c(OC)c1. The van der Waals surface area contributed by atoms with Crippen molar-refractivity contribution in [3.8, 4) is 11.5 Å². The number of aryl methyl sites for hydroxylation is 3. The summed E-state index contributed by atoms with van der Waals surface area (Å²) in [5, 5.41) is 0. The quantitative estimate of drug-likeness (QED) is 0.703. The molecule has 1 heterocycles. The van der Waals surface area contributed by atoms with Gasteiger partial charge < -0.3 is 9.47 Å². The number of benzene rings is 2. The Morgan fingerprint density at radius 3 is 2.64 bits per heavy atom. The predicted octanol–water partition coefficient (Wildman–Crippen LogP) is 4.41. The number of hydrogen-bond acceptors (Lipinski definition) is 3. The number of ether oxygens (including phenoxy) is 2. The summed E-state index contributed by atoms with van der Waals surface area (Å²) in [6.45, 7) is 2.54. The summed E-state index contributed by atoms with van der Waals surface area (Å²) in [6.07, 6.45) is 6.80. The van der Waals surface area contributed by atoms with E-state index in [0.717, 1.165) is 49.0 Å². The van der Waals surface area contributed by atoms with Crippen molar-refractivity contribution in [2.75, 3.05) is 13.7 Å². The molecule has 0 amide bonds. The molecule has 0 unspecified atom stereocenters. The van der Waals surface area contributed by atoms with Crippen molar-refractivity contribution in [1.29, 1.82) is 0 Å². The van der Waals surface area contributed by atoms with Crippen LogP contribution in [0.5, 0.6) is 11.5 Å². The van der Waals surface area contributed by atoms with Gasteiger partial charge in [0.15, 0.2) is 0 Å². The summed E-state index contributed by atoms with van der Waals surface area (Å²) >= 11 is 0. The van der Waals surface area contributed by atoms with Gasteiger partial charge in [0.2, 0.25) is 0 Å². The van der Waals surface area contributed by atoms with Crippen LogP contribution in [0.3, 0.4) is 0 Å². The van der Waals surface area contributed by atoms with Crippen LogP contribution in [0.2, 0.25) is 0 Å². The smallest absolute Gasteiger partial charge is 0.149 e. The van der Waals surface area contributed by atoms with Gasteiger partial charge in [0, 0.05) is 11.1 Å². The summed E-state index contributed by atoms with van der Waals surface area (Å²) in [6, 6.07) is 12.7. The molecule has 0 aliphatic carbocycles. The monoisotopic (exact) mass is 336 g/mol. The topological polar surface area (TPSA) is 35.5 Å². The van der Waals surface area contributed by atoms with Crippen LogP contribution < -0.4 is 9.47 Å². The summed E-state index contributed by atoms with van der Waals surface area (Å²) in [5.41, 5.74) is 5.42. The summed E-state index contributed by atoms with van der Waals surface area (Å²) < 4.78 is 11.3. The molecule has 1 aliphatic rings. The lowest BCUT2D eigenvalue weighted by atomic mass is 9.99. The van der Waals surface area contributed by atoms with Crippen molar-refractivity contribution >= 4 is 12.4 Å². The lowest BCUT2D eigenvalue weighted by Crippen LogP contribution is -2.08. The number of hydrogen-bond donors (Lipinski definition) is 0. The number of carbonyl (C=O) groups excluding carboxylic acids is 1. The van der Waals surface area contributed by atoms with Gasteiger partial charge in [0.05, 0.1) is 7.11 Å². The molecule has 0 bridgehead atoms. The molecule has 1 aliphatic heterocycles. The van der Waals surface area contributed by atoms with Crippen molar-refractivity contribution in [2.45, 2.75) is 32.6 Å². The van der Waals surface area contributed by atoms with Crippen LogP contribution in [-0.4, -0.2) is 20.0 Å². The molecule has 0 spiro atoms. The Kier molecular flexibility index (Phi) is 5.54. The Balaban J connectivity index is 1.72. The number of carbonyl (C=O) groups is 1. The van der Waals surface area contributed by atoms with Crippen molar-refractivity contribution in [1.82, 2.24) is 0 Å². The van der Waals surface area contributed by atoms with Crippen LogP contribution in [0.4, 0.5) is 0 Å². The maximum Gasteiger partial charge on any atom is 0.149 e. The molecule has 3 rings (SSSR count). The van der Waals surface area contributed by atoms with Crippen LogP contribution >= 0.6 is 0 Å². The van der Waals surface area contributed by atoms with E-state index in [2.05, 4.69) is 37.3 Å². The fraction of sp³-hybridized carbons (Fsp3) is 0.318. The van der Waals surface area contributed by atoms with E-state index in [1.54, 1.807) is 7.11 Å². The third-order valence-corrected chi connectivity index (χ3v) is 4.54. The van der Waals surface area contributed by atoms with Crippen molar-refractivity contribution in [3.05, 3.63) is 64.2 Å². The highest BCUT2D eigenvalue weighted by Crippen LogP contribution is 2.28. The van der Waals surface area contributed by atoms with Gasteiger partial charge in [-0.05, 0) is 54.2 Å². The average Bonchev–Trinajstić information content (AvgIpc) is 2.66. The molecule has 0 radical (unpaired) electrons. The molecule has 0 N–H and O–H groups in total. The Bertz CT molecular complexity index is 790. The van der Waals surface area contributed by atoms with E-state index in [-0.39, 0.29) is 0 Å². The van der Waals surface area contributed by atoms with Crippen molar-refractivity contribution < 1.29 is 14.3 Å². The van der Waals surface area contributed by atoms with E-state index in [9.17, 15) is 4.79 Å². The Morgan fingerprint density at radius 2 is 1.88 bits per heavy atom. The number of rotatable bonds is 7. The number of methoxy groups -OCH3 is 1. The largest absolute Gasteiger partial charge is 0.496 e. The van der Waals surface area contributed by atoms with Crippen molar-refractivity contribution in [2.24, 2.45) is 0 Å². The molecular weight excluding hydrogens is 312 g/mol. The molecule has 25 heavy (non-hydrogen) atoms. The predicted molar refractivity (Wildman–Crippen MR) is 100 cm³/mol. The lowest BCUT2D eigenvalue weighted by Gasteiger charge is -2.16. The van der Waals surface area contributed by atoms with Gasteiger partial charge in [-0.15, -0.1) is 0 Å². The van der Waals surface area contributed by atoms with E-state index >= 15 is 0 Å². The van der Waals surface area contributed by atoms with E-state index in [4.69, 9.17) is 9.47 Å². The van der Waals surface area contributed by atoms with E-state index in [0.29, 0.717) is 12.2 Å². The standard InChI is InChI=1S/C22H24O3/c1-3-4-16-5-8-19(21(12-16)24-2)9-6-17-7-10-20-11-18(14-23)15-25-22(20)13-17/h5,7-8,10-14H,3-4,6,9,15H2,1-2H3. The zero-order valence-electron chi connectivity index (χ0n) is 14.9. The Labute approximate surface area is 149 Å². The fourth-order valence-electron chi connectivity index (χ4n) is 3.17. The minimum atomic E-state index is 0.354. The highest BCUT2D eigenvalue weighted by molar-refractivity contribution is 5.84. The minimum absolute atomic E-state index is 0.354. The second-order valence-corrected chi connectivity index (χ2v) is 6.39. The molecule has 3 heteroatoms. The third-order valence-electron chi connectivity index (χ3n) is 4.54. The van der Waals surface area contributed by atoms with E-state index in [1.165, 1.54) is 16.7 Å². The van der Waals surface area contributed by atoms with Crippen LogP contribution in [0.1, 0.15) is 35.6 Å². The average molecular weight is 336 g/mol. The summed E-state index contributed by atoms with van der Waals surface area (Å²) in [4.78, 5) is 10.9. The molecule has 2 aromatic rings. The zero-order valence-corrected chi connectivity index (χ0v) is 14.9.